The highest BCUT2D eigenvalue weighted by Gasteiger charge is 2.19. The van der Waals surface area contributed by atoms with Crippen LogP contribution in [0.25, 0.3) is 6.08 Å². The molecule has 0 radical (unpaired) electrons. The number of anilines is 3. The number of benzene rings is 2. The molecule has 1 aliphatic rings. The number of carboxylic acids is 1. The van der Waals surface area contributed by atoms with E-state index in [1.165, 1.54) is 41.7 Å². The summed E-state index contributed by atoms with van der Waals surface area (Å²) in [5.41, 5.74) is 3.04. The zero-order valence-corrected chi connectivity index (χ0v) is 16.1. The smallest absolute Gasteiger partial charge is 0.337 e. The average molecular weight is 408 g/mol. The van der Waals surface area contributed by atoms with E-state index in [-0.39, 0.29) is 17.3 Å². The molecular formula is C22H17FN2O3S. The number of thiophene rings is 1. The first kappa shape index (κ1) is 18.9. The van der Waals surface area contributed by atoms with Gasteiger partial charge in [0.1, 0.15) is 5.82 Å². The Morgan fingerprint density at radius 1 is 1.03 bits per heavy atom. The third-order valence-electron chi connectivity index (χ3n) is 4.63. The van der Waals surface area contributed by atoms with Gasteiger partial charge in [-0.25, -0.2) is 9.18 Å². The van der Waals surface area contributed by atoms with E-state index in [0.29, 0.717) is 22.6 Å². The second-order valence-electron chi connectivity index (χ2n) is 6.58. The molecule has 0 spiro atoms. The molecular weight excluding hydrogens is 391 g/mol. The number of fused-ring (bicyclic) bond motifs is 1. The van der Waals surface area contributed by atoms with Gasteiger partial charge in [0.25, 0.3) is 5.91 Å². The van der Waals surface area contributed by atoms with Crippen LogP contribution in [0.4, 0.5) is 21.5 Å². The lowest BCUT2D eigenvalue weighted by atomic mass is 10.0. The number of nitrogens with one attached hydrogen (secondary N) is 2. The van der Waals surface area contributed by atoms with Gasteiger partial charge in [0.05, 0.1) is 16.8 Å². The lowest BCUT2D eigenvalue weighted by Crippen LogP contribution is -2.14. The second kappa shape index (κ2) is 7.89. The lowest BCUT2D eigenvalue weighted by molar-refractivity contribution is 0.0698. The summed E-state index contributed by atoms with van der Waals surface area (Å²) in [6.07, 6.45) is 5.86. The second-order valence-corrected chi connectivity index (χ2v) is 7.50. The minimum atomic E-state index is -1.11. The Hall–Kier alpha value is -3.45. The van der Waals surface area contributed by atoms with Gasteiger partial charge >= 0.3 is 5.97 Å². The Balaban J connectivity index is 1.60. The van der Waals surface area contributed by atoms with Gasteiger partial charge in [0, 0.05) is 21.6 Å². The van der Waals surface area contributed by atoms with Crippen molar-refractivity contribution in [2.24, 2.45) is 0 Å². The largest absolute Gasteiger partial charge is 0.478 e. The molecule has 0 aliphatic heterocycles. The maximum absolute atomic E-state index is 13.1. The van der Waals surface area contributed by atoms with E-state index in [9.17, 15) is 19.1 Å². The summed E-state index contributed by atoms with van der Waals surface area (Å²) >= 11 is 1.53. The summed E-state index contributed by atoms with van der Waals surface area (Å²) in [6, 6.07) is 10.1. The monoisotopic (exact) mass is 408 g/mol. The van der Waals surface area contributed by atoms with Crippen molar-refractivity contribution in [2.45, 2.75) is 12.8 Å². The van der Waals surface area contributed by atoms with Crippen LogP contribution in [0.3, 0.4) is 0 Å². The molecule has 1 heterocycles. The molecule has 0 saturated carbocycles. The van der Waals surface area contributed by atoms with Gasteiger partial charge in [-0.2, -0.15) is 0 Å². The first-order valence-corrected chi connectivity index (χ1v) is 9.87. The minimum absolute atomic E-state index is 0.0466. The zero-order valence-electron chi connectivity index (χ0n) is 15.2. The fourth-order valence-electron chi connectivity index (χ4n) is 3.20. The number of hydrogen-bond donors (Lipinski definition) is 3. The molecule has 0 atom stereocenters. The normalized spacial score (nSPS) is 12.3. The van der Waals surface area contributed by atoms with Crippen LogP contribution in [-0.2, 0) is 6.42 Å². The first-order valence-electron chi connectivity index (χ1n) is 8.99. The zero-order chi connectivity index (χ0) is 20.4. The van der Waals surface area contributed by atoms with Crippen LogP contribution in [-0.4, -0.2) is 17.0 Å². The summed E-state index contributed by atoms with van der Waals surface area (Å²) in [5, 5.41) is 17.1. The number of allylic oxidation sites excluding steroid dienone is 1. The summed E-state index contributed by atoms with van der Waals surface area (Å²) in [7, 11) is 0. The topological polar surface area (TPSA) is 78.4 Å². The molecule has 0 fully saturated rings. The number of carbonyl (C=O) groups excluding carboxylic acids is 1. The van der Waals surface area contributed by atoms with Gasteiger partial charge in [0.15, 0.2) is 0 Å². The molecule has 3 aromatic rings. The van der Waals surface area contributed by atoms with Crippen molar-refractivity contribution in [3.05, 3.63) is 81.3 Å². The highest BCUT2D eigenvalue weighted by atomic mass is 32.1. The Labute approximate surface area is 170 Å². The number of carbonyl (C=O) groups is 2. The molecule has 1 amide bonds. The van der Waals surface area contributed by atoms with Crippen LogP contribution in [0, 0.1) is 5.82 Å². The molecule has 0 unspecified atom stereocenters. The maximum Gasteiger partial charge on any atom is 0.337 e. The third-order valence-corrected chi connectivity index (χ3v) is 5.62. The van der Waals surface area contributed by atoms with Gasteiger partial charge in [-0.1, -0.05) is 6.08 Å². The number of carboxylic acid groups (broad SMARTS) is 1. The molecule has 146 valence electrons. The molecule has 2 aromatic carbocycles. The van der Waals surface area contributed by atoms with E-state index in [4.69, 9.17) is 0 Å². The van der Waals surface area contributed by atoms with Gasteiger partial charge in [-0.3, -0.25) is 4.79 Å². The van der Waals surface area contributed by atoms with E-state index >= 15 is 0 Å². The van der Waals surface area contributed by atoms with E-state index < -0.39 is 5.97 Å². The SMILES string of the molecule is O=C(O)c1ccc(NC(=O)c2csc3c2CCC=C3)cc1Nc1ccc(F)cc1. The molecule has 5 nitrogen and oxygen atoms in total. The fourth-order valence-corrected chi connectivity index (χ4v) is 4.23. The fraction of sp³-hybridized carbons (Fsp3) is 0.0909. The number of hydrogen-bond acceptors (Lipinski definition) is 4. The molecule has 0 bridgehead atoms. The van der Waals surface area contributed by atoms with E-state index in [1.807, 2.05) is 11.5 Å². The molecule has 4 rings (SSSR count). The van der Waals surface area contributed by atoms with Gasteiger partial charge in [-0.05, 0) is 66.9 Å². The van der Waals surface area contributed by atoms with Gasteiger partial charge in [0.2, 0.25) is 0 Å². The molecule has 29 heavy (non-hydrogen) atoms. The molecule has 1 aliphatic carbocycles. The Bertz CT molecular complexity index is 1120. The van der Waals surface area contributed by atoms with Crippen LogP contribution in [0.5, 0.6) is 0 Å². The molecule has 1 aromatic heterocycles. The number of amides is 1. The van der Waals surface area contributed by atoms with Gasteiger partial charge in [-0.15, -0.1) is 11.3 Å². The van der Waals surface area contributed by atoms with Crippen LogP contribution in [0.2, 0.25) is 0 Å². The number of aromatic carboxylic acids is 1. The lowest BCUT2D eigenvalue weighted by Gasteiger charge is -2.13. The van der Waals surface area contributed by atoms with E-state index in [0.717, 1.165) is 23.3 Å². The molecule has 0 saturated heterocycles. The van der Waals surface area contributed by atoms with Crippen molar-refractivity contribution < 1.29 is 19.1 Å². The van der Waals surface area contributed by atoms with Gasteiger partial charge < -0.3 is 15.7 Å². The molecule has 7 heteroatoms. The van der Waals surface area contributed by atoms with Crippen molar-refractivity contribution >= 4 is 46.4 Å². The van der Waals surface area contributed by atoms with Crippen LogP contribution < -0.4 is 10.6 Å². The minimum Gasteiger partial charge on any atom is -0.478 e. The van der Waals surface area contributed by atoms with E-state index in [2.05, 4.69) is 16.7 Å². The van der Waals surface area contributed by atoms with E-state index in [1.54, 1.807) is 12.1 Å². The number of halogens is 1. The summed E-state index contributed by atoms with van der Waals surface area (Å²) in [4.78, 5) is 25.4. The Kier molecular flexibility index (Phi) is 5.14. The third kappa shape index (κ3) is 4.05. The van der Waals surface area contributed by atoms with Crippen molar-refractivity contribution in [3.8, 4) is 0 Å². The maximum atomic E-state index is 13.1. The Morgan fingerprint density at radius 2 is 1.79 bits per heavy atom. The highest BCUT2D eigenvalue weighted by molar-refractivity contribution is 7.11. The summed E-state index contributed by atoms with van der Waals surface area (Å²) < 4.78 is 13.1. The van der Waals surface area contributed by atoms with Crippen molar-refractivity contribution in [1.29, 1.82) is 0 Å². The predicted molar refractivity (Wildman–Crippen MR) is 113 cm³/mol. The first-order chi connectivity index (χ1) is 14.0. The molecule has 3 N–H and O–H groups in total. The summed E-state index contributed by atoms with van der Waals surface area (Å²) in [6.45, 7) is 0. The van der Waals surface area contributed by atoms with Crippen molar-refractivity contribution in [3.63, 3.8) is 0 Å². The van der Waals surface area contributed by atoms with Crippen molar-refractivity contribution in [2.75, 3.05) is 10.6 Å². The summed E-state index contributed by atoms with van der Waals surface area (Å²) in [5.74, 6) is -1.72. The van der Waals surface area contributed by atoms with Crippen LogP contribution >= 0.6 is 11.3 Å². The quantitative estimate of drug-likeness (QED) is 0.518. The average Bonchev–Trinajstić information content (AvgIpc) is 3.14. The van der Waals surface area contributed by atoms with Crippen LogP contribution in [0.15, 0.2) is 53.9 Å². The standard InChI is InChI=1S/C22H17FN2O3S/c23-13-5-7-14(8-6-13)24-19-11-15(9-10-17(19)22(27)28)25-21(26)18-12-29-20-4-2-1-3-16(18)20/h2,4-12,24H,1,3H2,(H,25,26)(H,27,28). The predicted octanol–water partition coefficient (Wildman–Crippen LogP) is 5.54. The van der Waals surface area contributed by atoms with Crippen molar-refractivity contribution in [1.82, 2.24) is 0 Å². The number of rotatable bonds is 5. The highest BCUT2D eigenvalue weighted by Crippen LogP contribution is 2.30. The Morgan fingerprint density at radius 3 is 2.55 bits per heavy atom. The van der Waals surface area contributed by atoms with Crippen LogP contribution in [0.1, 0.15) is 37.6 Å².